The predicted molar refractivity (Wildman–Crippen MR) is 134 cm³/mol. The molecule has 1 aromatic carbocycles. The highest BCUT2D eigenvalue weighted by molar-refractivity contribution is 5.94. The lowest BCUT2D eigenvalue weighted by Crippen LogP contribution is -2.27. The number of alkyl halides is 3. The Morgan fingerprint density at radius 1 is 1.13 bits per heavy atom. The zero-order valence-electron chi connectivity index (χ0n) is 20.2. The molecule has 0 unspecified atom stereocenters. The molecular formula is C25H24F3N7O3. The van der Waals surface area contributed by atoms with Gasteiger partial charge in [0.15, 0.2) is 5.65 Å². The van der Waals surface area contributed by atoms with Crippen molar-refractivity contribution in [2.75, 3.05) is 16.8 Å². The van der Waals surface area contributed by atoms with Gasteiger partial charge in [-0.25, -0.2) is 19.3 Å². The number of nitrogens with two attached hydrogens (primary N) is 1. The lowest BCUT2D eigenvalue weighted by atomic mass is 10.0. The second kappa shape index (κ2) is 10.7. The van der Waals surface area contributed by atoms with Crippen LogP contribution in [0.2, 0.25) is 0 Å². The first kappa shape index (κ1) is 26.4. The topological polar surface area (TPSA) is 139 Å². The third kappa shape index (κ3) is 5.99. The fourth-order valence-corrected chi connectivity index (χ4v) is 4.09. The van der Waals surface area contributed by atoms with Gasteiger partial charge in [-0.05, 0) is 55.7 Å². The number of anilines is 3. The lowest BCUT2D eigenvalue weighted by molar-refractivity contribution is -0.192. The summed E-state index contributed by atoms with van der Waals surface area (Å²) >= 11 is 0. The fraction of sp³-hybridized carbons (Fsp3) is 0.240. The average molecular weight is 528 g/mol. The van der Waals surface area contributed by atoms with Crippen molar-refractivity contribution in [3.63, 3.8) is 0 Å². The SMILES string of the molecule is C[C@H]1CCCN1c1cccc(Nc2cc(-c3cccc(C(N)=O)c3)cn3ncnc23)n1.O=C(O)C(F)(F)F. The van der Waals surface area contributed by atoms with Gasteiger partial charge in [-0.3, -0.25) is 4.79 Å². The van der Waals surface area contributed by atoms with Crippen LogP contribution < -0.4 is 16.0 Å². The number of hydrogen-bond acceptors (Lipinski definition) is 7. The number of carboxylic acid groups (broad SMARTS) is 1. The maximum absolute atomic E-state index is 11.6. The number of nitrogens with zero attached hydrogens (tertiary/aromatic N) is 5. The number of fused-ring (bicyclic) bond motifs is 1. The summed E-state index contributed by atoms with van der Waals surface area (Å²) in [7, 11) is 0. The van der Waals surface area contributed by atoms with E-state index in [2.05, 4.69) is 27.2 Å². The van der Waals surface area contributed by atoms with Crippen molar-refractivity contribution < 1.29 is 27.9 Å². The van der Waals surface area contributed by atoms with Gasteiger partial charge in [-0.1, -0.05) is 18.2 Å². The van der Waals surface area contributed by atoms with Gasteiger partial charge in [0, 0.05) is 29.9 Å². The highest BCUT2D eigenvalue weighted by atomic mass is 19.4. The lowest BCUT2D eigenvalue weighted by Gasteiger charge is -2.23. The third-order valence-electron chi connectivity index (χ3n) is 5.94. The van der Waals surface area contributed by atoms with Crippen LogP contribution >= 0.6 is 0 Å². The van der Waals surface area contributed by atoms with Gasteiger partial charge >= 0.3 is 12.1 Å². The Hall–Kier alpha value is -4.68. The quantitative estimate of drug-likeness (QED) is 0.350. The molecule has 0 radical (unpaired) electrons. The molecular weight excluding hydrogens is 503 g/mol. The number of carboxylic acids is 1. The zero-order chi connectivity index (χ0) is 27.4. The van der Waals surface area contributed by atoms with E-state index in [0.29, 0.717) is 17.3 Å². The van der Waals surface area contributed by atoms with Crippen molar-refractivity contribution >= 4 is 34.8 Å². The number of carbonyl (C=O) groups is 2. The number of aliphatic carboxylic acids is 1. The van der Waals surface area contributed by atoms with Crippen LogP contribution in [0.4, 0.5) is 30.5 Å². The number of aromatic nitrogens is 4. The number of carbonyl (C=O) groups excluding carboxylic acids is 1. The highest BCUT2D eigenvalue weighted by Crippen LogP contribution is 2.29. The van der Waals surface area contributed by atoms with Crippen molar-refractivity contribution in [2.24, 2.45) is 5.73 Å². The molecule has 13 heteroatoms. The molecule has 4 N–H and O–H groups in total. The number of rotatable bonds is 5. The van der Waals surface area contributed by atoms with Gasteiger partial charge in [0.2, 0.25) is 5.91 Å². The summed E-state index contributed by atoms with van der Waals surface area (Å²) in [6.45, 7) is 3.26. The van der Waals surface area contributed by atoms with E-state index >= 15 is 0 Å². The molecule has 1 fully saturated rings. The highest BCUT2D eigenvalue weighted by Gasteiger charge is 2.38. The molecule has 1 saturated heterocycles. The number of amides is 1. The van der Waals surface area contributed by atoms with E-state index in [1.54, 1.807) is 16.6 Å². The summed E-state index contributed by atoms with van der Waals surface area (Å²) in [4.78, 5) is 32.0. The molecule has 0 bridgehead atoms. The van der Waals surface area contributed by atoms with Crippen molar-refractivity contribution in [1.29, 1.82) is 0 Å². The second-order valence-electron chi connectivity index (χ2n) is 8.61. The van der Waals surface area contributed by atoms with Gasteiger partial charge in [-0.15, -0.1) is 0 Å². The van der Waals surface area contributed by atoms with Crippen LogP contribution in [0.15, 0.2) is 61.1 Å². The molecule has 3 aromatic heterocycles. The molecule has 0 spiro atoms. The molecule has 1 aliphatic heterocycles. The van der Waals surface area contributed by atoms with Gasteiger partial charge in [-0.2, -0.15) is 18.3 Å². The van der Waals surface area contributed by atoms with E-state index in [0.717, 1.165) is 35.0 Å². The summed E-state index contributed by atoms with van der Waals surface area (Å²) < 4.78 is 33.4. The summed E-state index contributed by atoms with van der Waals surface area (Å²) in [5.74, 6) is -1.51. The molecule has 0 aliphatic carbocycles. The number of pyridine rings is 2. The van der Waals surface area contributed by atoms with E-state index in [4.69, 9.17) is 20.6 Å². The molecule has 4 aromatic rings. The van der Waals surface area contributed by atoms with Gasteiger partial charge in [0.05, 0.1) is 5.69 Å². The molecule has 10 nitrogen and oxygen atoms in total. The van der Waals surface area contributed by atoms with E-state index in [1.807, 2.05) is 42.6 Å². The van der Waals surface area contributed by atoms with Crippen LogP contribution in [-0.4, -0.2) is 55.3 Å². The largest absolute Gasteiger partial charge is 0.490 e. The Morgan fingerprint density at radius 2 is 1.87 bits per heavy atom. The molecule has 4 heterocycles. The van der Waals surface area contributed by atoms with Crippen molar-refractivity contribution in [1.82, 2.24) is 19.6 Å². The zero-order valence-corrected chi connectivity index (χ0v) is 20.2. The van der Waals surface area contributed by atoms with Crippen molar-refractivity contribution in [2.45, 2.75) is 32.0 Å². The normalized spacial score (nSPS) is 15.2. The first-order valence-electron chi connectivity index (χ1n) is 11.6. The molecule has 0 saturated carbocycles. The van der Waals surface area contributed by atoms with Gasteiger partial charge < -0.3 is 21.1 Å². The minimum absolute atomic E-state index is 0.458. The predicted octanol–water partition coefficient (Wildman–Crippen LogP) is 4.26. The van der Waals surface area contributed by atoms with Gasteiger partial charge in [0.1, 0.15) is 18.0 Å². The number of halogens is 3. The van der Waals surface area contributed by atoms with E-state index < -0.39 is 18.1 Å². The number of nitrogens with one attached hydrogen (secondary N) is 1. The monoisotopic (exact) mass is 527 g/mol. The van der Waals surface area contributed by atoms with E-state index in [9.17, 15) is 18.0 Å². The maximum atomic E-state index is 11.6. The van der Waals surface area contributed by atoms with Crippen LogP contribution in [0.5, 0.6) is 0 Å². The van der Waals surface area contributed by atoms with Crippen LogP contribution in [0, 0.1) is 0 Å². The molecule has 1 amide bonds. The summed E-state index contributed by atoms with van der Waals surface area (Å²) in [5, 5.41) is 14.8. The Morgan fingerprint density at radius 3 is 2.53 bits per heavy atom. The van der Waals surface area contributed by atoms with Crippen LogP contribution in [0.25, 0.3) is 16.8 Å². The molecule has 1 atom stereocenters. The minimum Gasteiger partial charge on any atom is -0.475 e. The summed E-state index contributed by atoms with van der Waals surface area (Å²) in [5.41, 5.74) is 9.12. The van der Waals surface area contributed by atoms with Gasteiger partial charge in [0.25, 0.3) is 0 Å². The Bertz CT molecular complexity index is 1470. The Labute approximate surface area is 214 Å². The number of hydrogen-bond donors (Lipinski definition) is 3. The molecule has 5 rings (SSSR count). The summed E-state index contributed by atoms with van der Waals surface area (Å²) in [6.07, 6.45) is 0.683. The number of primary amides is 1. The molecule has 198 valence electrons. The van der Waals surface area contributed by atoms with Crippen molar-refractivity contribution in [3.8, 4) is 11.1 Å². The standard InChI is InChI=1S/C23H23N7O.C2HF3O2/c1-15-5-4-10-29(15)21-9-3-8-20(28-21)27-19-12-18(13-30-23(19)25-14-26-30)16-6-2-7-17(11-16)22(24)31;3-2(4,5)1(6)7/h2-3,6-9,11-15H,4-5,10H2,1H3,(H2,24,31)(H,27,28);(H,6,7)/t15-;/m0./s1. The Balaban J connectivity index is 0.000000426. The maximum Gasteiger partial charge on any atom is 0.490 e. The first-order chi connectivity index (χ1) is 18.0. The Kier molecular flexibility index (Phi) is 7.46. The smallest absolute Gasteiger partial charge is 0.475 e. The van der Waals surface area contributed by atoms with Crippen molar-refractivity contribution in [3.05, 3.63) is 66.6 Å². The fourth-order valence-electron chi connectivity index (χ4n) is 4.09. The van der Waals surface area contributed by atoms with E-state index in [1.165, 1.54) is 19.2 Å². The van der Waals surface area contributed by atoms with Crippen LogP contribution in [0.1, 0.15) is 30.1 Å². The van der Waals surface area contributed by atoms with E-state index in [-0.39, 0.29) is 0 Å². The second-order valence-corrected chi connectivity index (χ2v) is 8.61. The van der Waals surface area contributed by atoms with Crippen LogP contribution in [-0.2, 0) is 4.79 Å². The third-order valence-corrected chi connectivity index (χ3v) is 5.94. The minimum atomic E-state index is -5.08. The van der Waals surface area contributed by atoms with Crippen LogP contribution in [0.3, 0.4) is 0 Å². The number of benzene rings is 1. The first-order valence-corrected chi connectivity index (χ1v) is 11.6. The molecule has 1 aliphatic rings. The summed E-state index contributed by atoms with van der Waals surface area (Å²) in [6, 6.07) is 15.7. The average Bonchev–Trinajstić information content (AvgIpc) is 3.53. The molecule has 38 heavy (non-hydrogen) atoms.